The lowest BCUT2D eigenvalue weighted by Gasteiger charge is -2.05. The zero-order valence-electron chi connectivity index (χ0n) is 6.05. The maximum atomic E-state index is 11.5. The summed E-state index contributed by atoms with van der Waals surface area (Å²) in [5.41, 5.74) is 1.32. The van der Waals surface area contributed by atoms with Crippen molar-refractivity contribution in [3.8, 4) is 0 Å². The van der Waals surface area contributed by atoms with Gasteiger partial charge in [0.2, 0.25) is 0 Å². The summed E-state index contributed by atoms with van der Waals surface area (Å²) in [5, 5.41) is 0. The minimum Gasteiger partial charge on any atom is -0.323 e. The van der Waals surface area contributed by atoms with E-state index in [1.165, 1.54) is 5.57 Å². The van der Waals surface area contributed by atoms with E-state index < -0.39 is 7.14 Å². The Labute approximate surface area is 56.5 Å². The van der Waals surface area contributed by atoms with Gasteiger partial charge in [0.15, 0.2) is 0 Å². The molecule has 1 rings (SSSR count). The molecule has 0 saturated heterocycles. The fourth-order valence-electron chi connectivity index (χ4n) is 1.15. The summed E-state index contributed by atoms with van der Waals surface area (Å²) in [4.78, 5) is 0. The van der Waals surface area contributed by atoms with E-state index in [9.17, 15) is 4.57 Å². The van der Waals surface area contributed by atoms with Crippen LogP contribution in [0.25, 0.3) is 0 Å². The SMILES string of the molecule is CCP1(=O)CC=C(C)C1. The second kappa shape index (κ2) is 2.30. The summed E-state index contributed by atoms with van der Waals surface area (Å²) in [6.45, 7) is 4.09. The first-order chi connectivity index (χ1) is 4.16. The molecule has 0 aliphatic carbocycles. The van der Waals surface area contributed by atoms with Crippen LogP contribution in [0.1, 0.15) is 13.8 Å². The van der Waals surface area contributed by atoms with Crippen LogP contribution < -0.4 is 0 Å². The van der Waals surface area contributed by atoms with Gasteiger partial charge in [-0.15, -0.1) is 0 Å². The first-order valence-corrected chi connectivity index (χ1v) is 5.65. The smallest absolute Gasteiger partial charge is 0.0949 e. The van der Waals surface area contributed by atoms with Crippen LogP contribution in [0.5, 0.6) is 0 Å². The molecule has 0 N–H and O–H groups in total. The Morgan fingerprint density at radius 1 is 1.78 bits per heavy atom. The molecule has 1 aliphatic heterocycles. The molecular weight excluding hydrogens is 131 g/mol. The molecule has 2 heteroatoms. The number of hydrogen-bond acceptors (Lipinski definition) is 1. The number of rotatable bonds is 1. The highest BCUT2D eigenvalue weighted by molar-refractivity contribution is 7.64. The van der Waals surface area contributed by atoms with Crippen LogP contribution in [0.15, 0.2) is 11.6 Å². The molecule has 0 aromatic rings. The van der Waals surface area contributed by atoms with Crippen molar-refractivity contribution >= 4 is 7.14 Å². The molecule has 52 valence electrons. The van der Waals surface area contributed by atoms with E-state index in [0.29, 0.717) is 0 Å². The van der Waals surface area contributed by atoms with E-state index in [2.05, 4.69) is 13.0 Å². The average Bonchev–Trinajstić information content (AvgIpc) is 2.13. The standard InChI is InChI=1S/C7H13OP/c1-3-9(8)5-4-7(2)6-9/h4H,3,5-6H2,1-2H3. The molecule has 1 nitrogen and oxygen atoms in total. The van der Waals surface area contributed by atoms with Crippen LogP contribution in [0.3, 0.4) is 0 Å². The third-order valence-corrected chi connectivity index (χ3v) is 4.96. The van der Waals surface area contributed by atoms with E-state index >= 15 is 0 Å². The first kappa shape index (κ1) is 7.08. The largest absolute Gasteiger partial charge is 0.323 e. The van der Waals surface area contributed by atoms with E-state index in [0.717, 1.165) is 18.5 Å². The van der Waals surface area contributed by atoms with Gasteiger partial charge in [-0.3, -0.25) is 0 Å². The van der Waals surface area contributed by atoms with Gasteiger partial charge < -0.3 is 4.57 Å². The highest BCUT2D eigenvalue weighted by Gasteiger charge is 2.23. The molecule has 0 fully saturated rings. The molecule has 0 bridgehead atoms. The minimum absolute atomic E-state index is 0.856. The molecule has 1 aliphatic rings. The molecule has 0 radical (unpaired) electrons. The summed E-state index contributed by atoms with van der Waals surface area (Å²) in [6, 6.07) is 0. The van der Waals surface area contributed by atoms with Crippen LogP contribution in [-0.2, 0) is 4.57 Å². The Kier molecular flexibility index (Phi) is 1.81. The monoisotopic (exact) mass is 144 g/mol. The van der Waals surface area contributed by atoms with Crippen molar-refractivity contribution in [1.82, 2.24) is 0 Å². The van der Waals surface area contributed by atoms with E-state index in [1.54, 1.807) is 0 Å². The molecule has 0 aromatic heterocycles. The maximum Gasteiger partial charge on any atom is 0.0949 e. The molecule has 0 aromatic carbocycles. The van der Waals surface area contributed by atoms with Crippen molar-refractivity contribution in [3.63, 3.8) is 0 Å². The minimum atomic E-state index is -1.70. The van der Waals surface area contributed by atoms with Crippen LogP contribution in [-0.4, -0.2) is 18.5 Å². The van der Waals surface area contributed by atoms with E-state index in [1.807, 2.05) is 6.92 Å². The third-order valence-electron chi connectivity index (χ3n) is 1.89. The molecule has 0 saturated carbocycles. The molecule has 1 atom stereocenters. The molecule has 1 unspecified atom stereocenters. The second-order valence-corrected chi connectivity index (χ2v) is 6.20. The Hall–Kier alpha value is -0.0300. The second-order valence-electron chi connectivity index (χ2n) is 2.77. The van der Waals surface area contributed by atoms with E-state index in [-0.39, 0.29) is 0 Å². The molecular formula is C7H13OP. The van der Waals surface area contributed by atoms with Gasteiger partial charge in [0.25, 0.3) is 0 Å². The highest BCUT2D eigenvalue weighted by Crippen LogP contribution is 2.50. The summed E-state index contributed by atoms with van der Waals surface area (Å²) in [7, 11) is -1.70. The first-order valence-electron chi connectivity index (χ1n) is 3.39. The van der Waals surface area contributed by atoms with Crippen LogP contribution in [0, 0.1) is 0 Å². The summed E-state index contributed by atoms with van der Waals surface area (Å²) in [6.07, 6.45) is 4.73. The van der Waals surface area contributed by atoms with Gasteiger partial charge in [-0.2, -0.15) is 0 Å². The maximum absolute atomic E-state index is 11.5. The summed E-state index contributed by atoms with van der Waals surface area (Å²) < 4.78 is 11.5. The lowest BCUT2D eigenvalue weighted by molar-refractivity contribution is 0.580. The fourth-order valence-corrected chi connectivity index (χ4v) is 3.44. The van der Waals surface area contributed by atoms with Gasteiger partial charge in [-0.25, -0.2) is 0 Å². The normalized spacial score (nSPS) is 34.7. The molecule has 1 heterocycles. The Morgan fingerprint density at radius 3 is 2.67 bits per heavy atom. The lowest BCUT2D eigenvalue weighted by atomic mass is 10.3. The quantitative estimate of drug-likeness (QED) is 0.407. The van der Waals surface area contributed by atoms with Gasteiger partial charge >= 0.3 is 0 Å². The van der Waals surface area contributed by atoms with Gasteiger partial charge in [0.1, 0.15) is 0 Å². The Morgan fingerprint density at radius 2 is 2.44 bits per heavy atom. The Balaban J connectivity index is 2.64. The summed E-state index contributed by atoms with van der Waals surface area (Å²) in [5.74, 6) is 0. The zero-order valence-corrected chi connectivity index (χ0v) is 6.95. The van der Waals surface area contributed by atoms with Crippen molar-refractivity contribution < 1.29 is 4.57 Å². The molecule has 0 amide bonds. The topological polar surface area (TPSA) is 17.1 Å². The van der Waals surface area contributed by atoms with Crippen LogP contribution in [0.2, 0.25) is 0 Å². The van der Waals surface area contributed by atoms with Crippen molar-refractivity contribution in [1.29, 1.82) is 0 Å². The molecule has 0 spiro atoms. The number of hydrogen-bond donors (Lipinski definition) is 0. The van der Waals surface area contributed by atoms with E-state index in [4.69, 9.17) is 0 Å². The predicted molar refractivity (Wildman–Crippen MR) is 41.6 cm³/mol. The van der Waals surface area contributed by atoms with Gasteiger partial charge in [-0.1, -0.05) is 18.6 Å². The average molecular weight is 144 g/mol. The number of allylic oxidation sites excluding steroid dienone is 2. The van der Waals surface area contributed by atoms with Crippen LogP contribution in [0.4, 0.5) is 0 Å². The predicted octanol–water partition coefficient (Wildman–Crippen LogP) is 2.33. The van der Waals surface area contributed by atoms with Crippen molar-refractivity contribution in [2.24, 2.45) is 0 Å². The van der Waals surface area contributed by atoms with Gasteiger partial charge in [-0.05, 0) is 13.1 Å². The summed E-state index contributed by atoms with van der Waals surface area (Å²) >= 11 is 0. The van der Waals surface area contributed by atoms with Crippen molar-refractivity contribution in [2.45, 2.75) is 13.8 Å². The van der Waals surface area contributed by atoms with Crippen molar-refractivity contribution in [2.75, 3.05) is 18.5 Å². The van der Waals surface area contributed by atoms with Crippen molar-refractivity contribution in [3.05, 3.63) is 11.6 Å². The lowest BCUT2D eigenvalue weighted by Crippen LogP contribution is -1.87. The van der Waals surface area contributed by atoms with Gasteiger partial charge in [0, 0.05) is 12.3 Å². The fraction of sp³-hybridized carbons (Fsp3) is 0.714. The van der Waals surface area contributed by atoms with Gasteiger partial charge in [0.05, 0.1) is 7.14 Å². The van der Waals surface area contributed by atoms with Crippen LogP contribution >= 0.6 is 7.14 Å². The third kappa shape index (κ3) is 1.46. The highest BCUT2D eigenvalue weighted by atomic mass is 31.2. The Bertz CT molecular complexity index is 181. The zero-order chi connectivity index (χ0) is 6.91. The molecule has 9 heavy (non-hydrogen) atoms.